The minimum Gasteiger partial charge on any atom is -0.266 e. The van der Waals surface area contributed by atoms with Crippen molar-refractivity contribution in [2.75, 3.05) is 0 Å². The summed E-state index contributed by atoms with van der Waals surface area (Å²) >= 11 is 5.98. The normalized spacial score (nSPS) is 10.7. The van der Waals surface area contributed by atoms with E-state index in [9.17, 15) is 0 Å². The molecular formula is C12H13ClN2. The van der Waals surface area contributed by atoms with Crippen LogP contribution in [-0.2, 0) is 7.05 Å². The number of hydrogen-bond donors (Lipinski definition) is 0. The van der Waals surface area contributed by atoms with Crippen molar-refractivity contribution in [2.45, 2.75) is 13.8 Å². The number of benzene rings is 1. The van der Waals surface area contributed by atoms with Crippen LogP contribution in [0.1, 0.15) is 11.1 Å². The van der Waals surface area contributed by atoms with Gasteiger partial charge in [0.2, 0.25) is 0 Å². The maximum Gasteiger partial charge on any atom is 0.154 e. The lowest BCUT2D eigenvalue weighted by molar-refractivity contribution is 0.776. The number of rotatable bonds is 1. The number of aryl methyl sites for hydroxylation is 2. The average Bonchev–Trinajstić information content (AvgIpc) is 2.44. The van der Waals surface area contributed by atoms with Crippen LogP contribution in [0.2, 0.25) is 5.15 Å². The summed E-state index contributed by atoms with van der Waals surface area (Å²) in [6.45, 7) is 4.07. The quantitative estimate of drug-likeness (QED) is 0.721. The van der Waals surface area contributed by atoms with Gasteiger partial charge in [0.05, 0.1) is 5.69 Å². The molecular weight excluding hydrogens is 208 g/mol. The Labute approximate surface area is 94.5 Å². The summed E-state index contributed by atoms with van der Waals surface area (Å²) < 4.78 is 1.82. The van der Waals surface area contributed by atoms with Gasteiger partial charge in [0, 0.05) is 18.2 Å². The molecule has 0 aliphatic carbocycles. The fourth-order valence-electron chi connectivity index (χ4n) is 1.71. The Morgan fingerprint density at radius 2 is 1.73 bits per heavy atom. The molecule has 0 saturated heterocycles. The Bertz CT molecular complexity index is 483. The molecule has 15 heavy (non-hydrogen) atoms. The van der Waals surface area contributed by atoms with Gasteiger partial charge in [-0.3, -0.25) is 4.68 Å². The van der Waals surface area contributed by atoms with Gasteiger partial charge in [0.15, 0.2) is 5.15 Å². The fraction of sp³-hybridized carbons (Fsp3) is 0.250. The molecule has 2 rings (SSSR count). The molecule has 0 radical (unpaired) electrons. The second-order valence-corrected chi connectivity index (χ2v) is 4.11. The Morgan fingerprint density at radius 3 is 2.20 bits per heavy atom. The van der Waals surface area contributed by atoms with Crippen LogP contribution in [0, 0.1) is 13.8 Å². The van der Waals surface area contributed by atoms with E-state index in [0.29, 0.717) is 5.15 Å². The Morgan fingerprint density at radius 1 is 1.13 bits per heavy atom. The maximum absolute atomic E-state index is 5.98. The zero-order valence-corrected chi connectivity index (χ0v) is 9.84. The van der Waals surface area contributed by atoms with Crippen molar-refractivity contribution in [1.29, 1.82) is 0 Å². The molecule has 0 atom stereocenters. The summed E-state index contributed by atoms with van der Waals surface area (Å²) in [4.78, 5) is 0. The van der Waals surface area contributed by atoms with Gasteiger partial charge in [-0.1, -0.05) is 41.4 Å². The van der Waals surface area contributed by atoms with Crippen molar-refractivity contribution >= 4 is 11.6 Å². The molecule has 0 aliphatic rings. The summed E-state index contributed by atoms with van der Waals surface area (Å²) in [5.41, 5.74) is 4.52. The van der Waals surface area contributed by atoms with E-state index in [1.807, 2.05) is 18.7 Å². The first kappa shape index (κ1) is 10.2. The summed E-state index contributed by atoms with van der Waals surface area (Å²) in [6.07, 6.45) is 0. The van der Waals surface area contributed by atoms with Crippen molar-refractivity contribution in [1.82, 2.24) is 9.78 Å². The Kier molecular flexibility index (Phi) is 2.53. The first-order valence-corrected chi connectivity index (χ1v) is 5.23. The molecule has 0 unspecified atom stereocenters. The third-order valence-electron chi connectivity index (χ3n) is 2.55. The highest BCUT2D eigenvalue weighted by molar-refractivity contribution is 6.30. The highest BCUT2D eigenvalue weighted by atomic mass is 35.5. The number of halogens is 1. The lowest BCUT2D eigenvalue weighted by Gasteiger charge is -2.03. The molecule has 2 nitrogen and oxygen atoms in total. The molecule has 0 spiro atoms. The molecule has 0 bridgehead atoms. The van der Waals surface area contributed by atoms with E-state index in [4.69, 9.17) is 11.6 Å². The van der Waals surface area contributed by atoms with Gasteiger partial charge in [0.1, 0.15) is 0 Å². The van der Waals surface area contributed by atoms with Crippen LogP contribution in [-0.4, -0.2) is 9.78 Å². The van der Waals surface area contributed by atoms with Crippen molar-refractivity contribution in [2.24, 2.45) is 7.05 Å². The van der Waals surface area contributed by atoms with Gasteiger partial charge >= 0.3 is 0 Å². The maximum atomic E-state index is 5.98. The van der Waals surface area contributed by atoms with Crippen LogP contribution in [0.4, 0.5) is 0 Å². The lowest BCUT2D eigenvalue weighted by atomic mass is 10.1. The van der Waals surface area contributed by atoms with Gasteiger partial charge in [-0.05, 0) is 13.8 Å². The van der Waals surface area contributed by atoms with E-state index in [1.54, 1.807) is 0 Å². The zero-order valence-electron chi connectivity index (χ0n) is 9.08. The van der Waals surface area contributed by atoms with Crippen LogP contribution in [0.3, 0.4) is 0 Å². The van der Waals surface area contributed by atoms with Crippen molar-refractivity contribution in [3.05, 3.63) is 40.5 Å². The minimum atomic E-state index is 0.577. The summed E-state index contributed by atoms with van der Waals surface area (Å²) in [5, 5.41) is 4.77. The van der Waals surface area contributed by atoms with Crippen LogP contribution < -0.4 is 0 Å². The van der Waals surface area contributed by atoms with Crippen molar-refractivity contribution in [3.63, 3.8) is 0 Å². The lowest BCUT2D eigenvalue weighted by Crippen LogP contribution is -1.94. The largest absolute Gasteiger partial charge is 0.266 e. The Balaban J connectivity index is 2.58. The fourth-order valence-corrected chi connectivity index (χ4v) is 1.91. The second-order valence-electron chi connectivity index (χ2n) is 3.75. The number of hydrogen-bond acceptors (Lipinski definition) is 1. The number of nitrogens with zero attached hydrogens (tertiary/aromatic N) is 2. The topological polar surface area (TPSA) is 17.8 Å². The molecule has 0 amide bonds. The summed E-state index contributed by atoms with van der Waals surface area (Å²) in [7, 11) is 1.91. The van der Waals surface area contributed by atoms with Gasteiger partial charge in [-0.2, -0.15) is 5.10 Å². The standard InChI is InChI=1S/C12H13ClN2/c1-8-4-6-10(7-5-8)11-9(2)12(13)14-15(11)3/h4-7H,1-3H3. The van der Waals surface area contributed by atoms with Crippen molar-refractivity contribution in [3.8, 4) is 11.3 Å². The predicted octanol–water partition coefficient (Wildman–Crippen LogP) is 3.36. The highest BCUT2D eigenvalue weighted by Gasteiger charge is 2.11. The first-order valence-electron chi connectivity index (χ1n) is 4.85. The van der Waals surface area contributed by atoms with E-state index >= 15 is 0 Å². The average molecular weight is 221 g/mol. The van der Waals surface area contributed by atoms with Crippen LogP contribution in [0.5, 0.6) is 0 Å². The smallest absolute Gasteiger partial charge is 0.154 e. The van der Waals surface area contributed by atoms with Gasteiger partial charge < -0.3 is 0 Å². The molecule has 0 saturated carbocycles. The molecule has 1 aromatic carbocycles. The number of aromatic nitrogens is 2. The van der Waals surface area contributed by atoms with E-state index in [2.05, 4.69) is 36.3 Å². The van der Waals surface area contributed by atoms with E-state index in [0.717, 1.165) is 16.8 Å². The monoisotopic (exact) mass is 220 g/mol. The van der Waals surface area contributed by atoms with Crippen molar-refractivity contribution < 1.29 is 0 Å². The molecule has 2 aromatic rings. The van der Waals surface area contributed by atoms with E-state index in [1.165, 1.54) is 5.56 Å². The molecule has 1 heterocycles. The third kappa shape index (κ3) is 1.77. The summed E-state index contributed by atoms with van der Waals surface area (Å²) in [5.74, 6) is 0. The molecule has 0 aliphatic heterocycles. The van der Waals surface area contributed by atoms with Gasteiger partial charge in [0.25, 0.3) is 0 Å². The highest BCUT2D eigenvalue weighted by Crippen LogP contribution is 2.27. The van der Waals surface area contributed by atoms with E-state index in [-0.39, 0.29) is 0 Å². The Hall–Kier alpha value is -1.28. The second kappa shape index (κ2) is 3.70. The molecule has 1 aromatic heterocycles. The zero-order chi connectivity index (χ0) is 11.0. The van der Waals surface area contributed by atoms with Crippen LogP contribution in [0.25, 0.3) is 11.3 Å². The van der Waals surface area contributed by atoms with Gasteiger partial charge in [-0.15, -0.1) is 0 Å². The molecule has 0 fully saturated rings. The molecule has 3 heteroatoms. The first-order chi connectivity index (χ1) is 7.09. The van der Waals surface area contributed by atoms with Crippen LogP contribution in [0.15, 0.2) is 24.3 Å². The SMILES string of the molecule is Cc1ccc(-c2c(C)c(Cl)nn2C)cc1. The minimum absolute atomic E-state index is 0.577. The van der Waals surface area contributed by atoms with Crippen LogP contribution >= 0.6 is 11.6 Å². The third-order valence-corrected chi connectivity index (χ3v) is 2.91. The summed E-state index contributed by atoms with van der Waals surface area (Å²) in [6, 6.07) is 8.37. The van der Waals surface area contributed by atoms with Gasteiger partial charge in [-0.25, -0.2) is 0 Å². The molecule has 78 valence electrons. The van der Waals surface area contributed by atoms with E-state index < -0.39 is 0 Å². The molecule has 0 N–H and O–H groups in total. The predicted molar refractivity (Wildman–Crippen MR) is 63.1 cm³/mol.